The van der Waals surface area contributed by atoms with Crippen molar-refractivity contribution in [2.75, 3.05) is 26.2 Å². The number of likely N-dealkylation sites (tertiary alicyclic amines) is 1. The van der Waals surface area contributed by atoms with Crippen LogP contribution in [0, 0.1) is 5.82 Å². The number of H-pyrrole nitrogens is 1. The highest BCUT2D eigenvalue weighted by Gasteiger charge is 2.46. The van der Waals surface area contributed by atoms with Gasteiger partial charge >= 0.3 is 0 Å². The Morgan fingerprint density at radius 2 is 1.84 bits per heavy atom. The van der Waals surface area contributed by atoms with E-state index in [0.29, 0.717) is 18.9 Å². The lowest BCUT2D eigenvalue weighted by atomic mass is 9.87. The molecule has 1 atom stereocenters. The summed E-state index contributed by atoms with van der Waals surface area (Å²) in [5.74, 6) is 0.699. The molecule has 0 saturated carbocycles. The van der Waals surface area contributed by atoms with Crippen LogP contribution in [0.2, 0.25) is 0 Å². The molecule has 3 heterocycles. The number of amidine groups is 1. The number of pyridine rings is 1. The molecule has 4 rings (SSSR count). The third-order valence-corrected chi connectivity index (χ3v) is 6.91. The minimum atomic E-state index is -0.946. The predicted octanol–water partition coefficient (Wildman–Crippen LogP) is 3.65. The molecule has 0 bridgehead atoms. The highest BCUT2D eigenvalue weighted by atomic mass is 19.1. The molecule has 0 spiro atoms. The van der Waals surface area contributed by atoms with Crippen LogP contribution in [-0.4, -0.2) is 52.7 Å². The van der Waals surface area contributed by atoms with Crippen molar-refractivity contribution in [3.8, 4) is 0 Å². The van der Waals surface area contributed by atoms with Crippen molar-refractivity contribution in [2.45, 2.75) is 51.0 Å². The second-order valence-electron chi connectivity index (χ2n) is 8.77. The van der Waals surface area contributed by atoms with E-state index in [2.05, 4.69) is 9.88 Å². The lowest BCUT2D eigenvalue weighted by molar-refractivity contribution is -0.131. The average Bonchev–Trinajstić information content (AvgIpc) is 3.05. The standard InChI is InChI=1S/C25H31FN4O2/c1-3-25(20-5-7-21(26)8-6-20)24(32)30(18(2)28-25)14-4-13-29-15-10-19(11-16-29)22-17-27-12-9-23(22)31/h5-9,12,17,19H,3-4,10-11,13-16H2,1-2H3,(H,27,31)/t25-/m1/s1. The number of benzene rings is 1. The monoisotopic (exact) mass is 438 g/mol. The molecule has 170 valence electrons. The Morgan fingerprint density at radius 3 is 2.50 bits per heavy atom. The van der Waals surface area contributed by atoms with Gasteiger partial charge in [-0.05, 0) is 75.9 Å². The summed E-state index contributed by atoms with van der Waals surface area (Å²) in [7, 11) is 0. The van der Waals surface area contributed by atoms with Crippen molar-refractivity contribution in [1.82, 2.24) is 14.8 Å². The van der Waals surface area contributed by atoms with E-state index in [0.717, 1.165) is 55.9 Å². The van der Waals surface area contributed by atoms with Gasteiger partial charge in [0.1, 0.15) is 11.7 Å². The lowest BCUT2D eigenvalue weighted by Crippen LogP contribution is -2.42. The summed E-state index contributed by atoms with van der Waals surface area (Å²) < 4.78 is 13.4. The highest BCUT2D eigenvalue weighted by molar-refractivity contribution is 6.07. The fourth-order valence-corrected chi connectivity index (χ4v) is 5.03. The summed E-state index contributed by atoms with van der Waals surface area (Å²) in [4.78, 5) is 37.4. The van der Waals surface area contributed by atoms with Gasteiger partial charge < -0.3 is 9.88 Å². The summed E-state index contributed by atoms with van der Waals surface area (Å²) in [6.45, 7) is 7.26. The Balaban J connectivity index is 1.32. The Kier molecular flexibility index (Phi) is 6.55. The quantitative estimate of drug-likeness (QED) is 0.718. The minimum absolute atomic E-state index is 0.0221. The van der Waals surface area contributed by atoms with Gasteiger partial charge in [0.05, 0.1) is 0 Å². The number of halogens is 1. The number of aromatic nitrogens is 1. The Bertz CT molecular complexity index is 1040. The number of aliphatic imine (C=N–C) groups is 1. The van der Waals surface area contributed by atoms with Gasteiger partial charge in [0.2, 0.25) is 0 Å². The number of carbonyl (C=O) groups excluding carboxylic acids is 1. The SMILES string of the molecule is CC[C@]1(c2ccc(F)cc2)N=C(C)N(CCCN2CCC(c3c[nH]ccc3=O)CC2)C1=O. The minimum Gasteiger partial charge on any atom is -0.367 e. The van der Waals surface area contributed by atoms with Crippen molar-refractivity contribution in [3.63, 3.8) is 0 Å². The molecule has 1 fully saturated rings. The van der Waals surface area contributed by atoms with Crippen molar-refractivity contribution in [3.05, 3.63) is 69.9 Å². The van der Waals surface area contributed by atoms with Gasteiger partial charge in [-0.1, -0.05) is 19.1 Å². The third-order valence-electron chi connectivity index (χ3n) is 6.91. The van der Waals surface area contributed by atoms with E-state index in [-0.39, 0.29) is 17.2 Å². The number of hydrogen-bond donors (Lipinski definition) is 1. The molecule has 1 amide bonds. The number of nitrogens with zero attached hydrogens (tertiary/aromatic N) is 3. The molecule has 6 nitrogen and oxygen atoms in total. The van der Waals surface area contributed by atoms with Crippen LogP contribution in [0.25, 0.3) is 0 Å². The van der Waals surface area contributed by atoms with E-state index in [1.807, 2.05) is 20.0 Å². The van der Waals surface area contributed by atoms with Gasteiger partial charge in [0.25, 0.3) is 5.91 Å². The molecular formula is C25H31FN4O2. The summed E-state index contributed by atoms with van der Waals surface area (Å²) in [5.41, 5.74) is 0.799. The molecular weight excluding hydrogens is 407 g/mol. The lowest BCUT2D eigenvalue weighted by Gasteiger charge is -2.32. The molecule has 1 aromatic heterocycles. The smallest absolute Gasteiger partial charge is 0.260 e. The second kappa shape index (κ2) is 9.36. The largest absolute Gasteiger partial charge is 0.367 e. The van der Waals surface area contributed by atoms with Crippen molar-refractivity contribution >= 4 is 11.7 Å². The van der Waals surface area contributed by atoms with Crippen LogP contribution in [0.15, 0.2) is 52.5 Å². The molecule has 1 saturated heterocycles. The number of aromatic amines is 1. The zero-order chi connectivity index (χ0) is 22.7. The van der Waals surface area contributed by atoms with Crippen molar-refractivity contribution in [1.29, 1.82) is 0 Å². The maximum absolute atomic E-state index is 13.4. The second-order valence-corrected chi connectivity index (χ2v) is 8.77. The molecule has 1 aromatic carbocycles. The number of rotatable bonds is 7. The van der Waals surface area contributed by atoms with Crippen LogP contribution in [0.5, 0.6) is 0 Å². The molecule has 1 N–H and O–H groups in total. The fraction of sp³-hybridized carbons (Fsp3) is 0.480. The number of amides is 1. The summed E-state index contributed by atoms with van der Waals surface area (Å²) >= 11 is 0. The van der Waals surface area contributed by atoms with Crippen LogP contribution in [0.1, 0.15) is 56.6 Å². The van der Waals surface area contributed by atoms with E-state index < -0.39 is 5.54 Å². The number of hydrogen-bond acceptors (Lipinski definition) is 4. The van der Waals surface area contributed by atoms with Crippen LogP contribution in [0.3, 0.4) is 0 Å². The van der Waals surface area contributed by atoms with Gasteiger partial charge in [-0.15, -0.1) is 0 Å². The molecule has 2 aromatic rings. The predicted molar refractivity (Wildman–Crippen MR) is 123 cm³/mol. The van der Waals surface area contributed by atoms with E-state index >= 15 is 0 Å². The van der Waals surface area contributed by atoms with Gasteiger partial charge in [0.15, 0.2) is 11.0 Å². The van der Waals surface area contributed by atoms with Gasteiger partial charge in [0, 0.05) is 30.6 Å². The molecule has 2 aliphatic rings. The van der Waals surface area contributed by atoms with E-state index in [9.17, 15) is 14.0 Å². The first-order valence-electron chi connectivity index (χ1n) is 11.5. The van der Waals surface area contributed by atoms with Crippen molar-refractivity contribution in [2.24, 2.45) is 4.99 Å². The van der Waals surface area contributed by atoms with Crippen molar-refractivity contribution < 1.29 is 9.18 Å². The van der Waals surface area contributed by atoms with E-state index in [1.54, 1.807) is 29.3 Å². The maximum atomic E-state index is 13.4. The molecule has 32 heavy (non-hydrogen) atoms. The first-order chi connectivity index (χ1) is 15.4. The average molecular weight is 439 g/mol. The summed E-state index contributed by atoms with van der Waals surface area (Å²) in [6, 6.07) is 7.71. The normalized spacial score (nSPS) is 22.4. The summed E-state index contributed by atoms with van der Waals surface area (Å²) in [6.07, 6.45) is 6.86. The first kappa shape index (κ1) is 22.4. The zero-order valence-electron chi connectivity index (χ0n) is 18.8. The molecule has 0 aliphatic carbocycles. The topological polar surface area (TPSA) is 68.8 Å². The van der Waals surface area contributed by atoms with Gasteiger partial charge in [-0.3, -0.25) is 19.5 Å². The summed E-state index contributed by atoms with van der Waals surface area (Å²) in [5, 5.41) is 0. The Morgan fingerprint density at radius 1 is 1.12 bits per heavy atom. The fourth-order valence-electron chi connectivity index (χ4n) is 5.03. The van der Waals surface area contributed by atoms with Crippen LogP contribution < -0.4 is 5.43 Å². The highest BCUT2D eigenvalue weighted by Crippen LogP contribution is 2.37. The Labute approximate surface area is 188 Å². The van der Waals surface area contributed by atoms with E-state index in [4.69, 9.17) is 4.99 Å². The molecule has 0 radical (unpaired) electrons. The first-order valence-corrected chi connectivity index (χ1v) is 11.5. The number of nitrogens with one attached hydrogen (secondary N) is 1. The Hall–Kier alpha value is -2.80. The van der Waals surface area contributed by atoms with Gasteiger partial charge in [-0.2, -0.15) is 0 Å². The molecule has 0 unspecified atom stereocenters. The van der Waals surface area contributed by atoms with Crippen LogP contribution in [0.4, 0.5) is 4.39 Å². The molecule has 7 heteroatoms. The third kappa shape index (κ3) is 4.26. The zero-order valence-corrected chi connectivity index (χ0v) is 18.8. The van der Waals surface area contributed by atoms with Crippen LogP contribution in [-0.2, 0) is 10.3 Å². The van der Waals surface area contributed by atoms with E-state index in [1.165, 1.54) is 12.1 Å². The van der Waals surface area contributed by atoms with Gasteiger partial charge in [-0.25, -0.2) is 4.39 Å². The number of piperidine rings is 1. The maximum Gasteiger partial charge on any atom is 0.260 e. The molecule has 2 aliphatic heterocycles. The number of carbonyl (C=O) groups is 1. The van der Waals surface area contributed by atoms with Crippen LogP contribution >= 0.6 is 0 Å².